The van der Waals surface area contributed by atoms with Crippen molar-refractivity contribution in [2.24, 2.45) is 5.92 Å². The lowest BCUT2D eigenvalue weighted by Gasteiger charge is -2.37. The molecule has 0 radical (unpaired) electrons. The first-order valence-electron chi connectivity index (χ1n) is 7.53. The molecule has 2 atom stereocenters. The number of sulfonamides is 1. The molecule has 0 saturated carbocycles. The van der Waals surface area contributed by atoms with Crippen LogP contribution < -0.4 is 0 Å². The summed E-state index contributed by atoms with van der Waals surface area (Å²) in [6.45, 7) is 6.93. The predicted octanol–water partition coefficient (Wildman–Crippen LogP) is 4.00. The summed E-state index contributed by atoms with van der Waals surface area (Å²) < 4.78 is 28.2. The largest absolute Gasteiger partial charge is 0.243 e. The predicted molar refractivity (Wildman–Crippen MR) is 95.4 cm³/mol. The maximum absolute atomic E-state index is 12.9. The number of hydrogen-bond acceptors (Lipinski definition) is 2. The summed E-state index contributed by atoms with van der Waals surface area (Å²) in [6.07, 6.45) is 2.84. The van der Waals surface area contributed by atoms with E-state index in [1.807, 2.05) is 19.1 Å². The first-order valence-corrected chi connectivity index (χ1v) is 10.2. The van der Waals surface area contributed by atoms with Gasteiger partial charge in [-0.1, -0.05) is 54.1 Å². The average molecular weight is 421 g/mol. The van der Waals surface area contributed by atoms with Crippen LogP contribution in [0.4, 0.5) is 0 Å². The Morgan fingerprint density at radius 2 is 1.90 bits per heavy atom. The number of hydrogen-bond donors (Lipinski definition) is 0. The van der Waals surface area contributed by atoms with Crippen molar-refractivity contribution in [3.63, 3.8) is 0 Å². The average Bonchev–Trinajstić information content (AvgIpc) is 2.38. The van der Waals surface area contributed by atoms with Crippen molar-refractivity contribution in [3.8, 4) is 0 Å². The molecule has 1 saturated heterocycles. The smallest absolute Gasteiger partial charge is 0.207 e. The second kappa shape index (κ2) is 6.96. The summed E-state index contributed by atoms with van der Waals surface area (Å²) in [7, 11) is -3.37. The molecule has 0 amide bonds. The van der Waals surface area contributed by atoms with Crippen molar-refractivity contribution in [3.05, 3.63) is 29.8 Å². The van der Waals surface area contributed by atoms with E-state index in [1.165, 1.54) is 0 Å². The molecule has 1 aromatic carbocycles. The Labute approximate surface area is 142 Å². The second-order valence-electron chi connectivity index (χ2n) is 6.33. The van der Waals surface area contributed by atoms with Crippen LogP contribution in [0.1, 0.15) is 38.7 Å². The number of piperidine rings is 1. The topological polar surface area (TPSA) is 37.4 Å². The van der Waals surface area contributed by atoms with Gasteiger partial charge in [0.05, 0.1) is 4.90 Å². The maximum Gasteiger partial charge on any atom is 0.243 e. The summed E-state index contributed by atoms with van der Waals surface area (Å²) in [4.78, 5) is 0.425. The zero-order valence-corrected chi connectivity index (χ0v) is 15.9. The molecule has 0 bridgehead atoms. The van der Waals surface area contributed by atoms with Gasteiger partial charge in [-0.25, -0.2) is 8.42 Å². The molecule has 3 nitrogen and oxygen atoms in total. The van der Waals surface area contributed by atoms with Crippen LogP contribution in [0.5, 0.6) is 0 Å². The fourth-order valence-electron chi connectivity index (χ4n) is 2.90. The summed E-state index contributed by atoms with van der Waals surface area (Å²) in [5.74, 6) is 0.507. The van der Waals surface area contributed by atoms with Crippen molar-refractivity contribution < 1.29 is 8.42 Å². The molecule has 1 fully saturated rings. The number of rotatable bonds is 4. The molecule has 5 heteroatoms. The Morgan fingerprint density at radius 3 is 2.48 bits per heavy atom. The molecule has 1 aromatic rings. The third kappa shape index (κ3) is 4.20. The third-order valence-corrected chi connectivity index (χ3v) is 7.07. The fraction of sp³-hybridized carbons (Fsp3) is 0.625. The van der Waals surface area contributed by atoms with Gasteiger partial charge in [-0.05, 0) is 44.2 Å². The van der Waals surface area contributed by atoms with Gasteiger partial charge < -0.3 is 0 Å². The van der Waals surface area contributed by atoms with E-state index in [9.17, 15) is 8.42 Å². The Balaban J connectivity index is 2.29. The van der Waals surface area contributed by atoms with Crippen molar-refractivity contribution in [1.82, 2.24) is 4.31 Å². The van der Waals surface area contributed by atoms with Crippen LogP contribution >= 0.6 is 22.6 Å². The molecule has 118 valence electrons. The van der Waals surface area contributed by atoms with E-state index in [-0.39, 0.29) is 6.04 Å². The number of halogens is 1. The maximum atomic E-state index is 12.9. The van der Waals surface area contributed by atoms with Gasteiger partial charge >= 0.3 is 0 Å². The standard InChI is InChI=1S/C16H24INO2S/c1-12(2)10-15-11-14(17)8-9-18(15)21(19,20)16-6-4-13(3)5-7-16/h4-7,12,14-15H,8-11H2,1-3H3/t14-,15+/m0/s1. The van der Waals surface area contributed by atoms with Crippen molar-refractivity contribution in [1.29, 1.82) is 0 Å². The SMILES string of the molecule is Cc1ccc(S(=O)(=O)N2CC[C@H](I)C[C@H]2CC(C)C)cc1. The van der Waals surface area contributed by atoms with Crippen LogP contribution in [0.25, 0.3) is 0 Å². The lowest BCUT2D eigenvalue weighted by Crippen LogP contribution is -2.46. The minimum atomic E-state index is -3.37. The Hall–Kier alpha value is -0.140. The lowest BCUT2D eigenvalue weighted by molar-refractivity contribution is 0.231. The molecular formula is C16H24INO2S. The number of benzene rings is 1. The molecule has 0 aromatic heterocycles. The van der Waals surface area contributed by atoms with Crippen LogP contribution in [0.15, 0.2) is 29.2 Å². The van der Waals surface area contributed by atoms with Gasteiger partial charge in [0.1, 0.15) is 0 Å². The Bertz CT molecular complexity index is 566. The minimum Gasteiger partial charge on any atom is -0.207 e. The summed E-state index contributed by atoms with van der Waals surface area (Å²) in [6, 6.07) is 7.33. The van der Waals surface area contributed by atoms with Crippen molar-refractivity contribution >= 4 is 32.6 Å². The molecule has 2 rings (SSSR count). The fourth-order valence-corrected chi connectivity index (χ4v) is 5.43. The molecule has 21 heavy (non-hydrogen) atoms. The van der Waals surface area contributed by atoms with Crippen molar-refractivity contribution in [2.45, 2.75) is 54.9 Å². The van der Waals surface area contributed by atoms with E-state index in [4.69, 9.17) is 0 Å². The van der Waals surface area contributed by atoms with Gasteiger partial charge in [-0.3, -0.25) is 0 Å². The molecule has 1 heterocycles. The van der Waals surface area contributed by atoms with E-state index in [0.29, 0.717) is 21.3 Å². The Morgan fingerprint density at radius 1 is 1.29 bits per heavy atom. The van der Waals surface area contributed by atoms with Gasteiger partial charge in [0.15, 0.2) is 0 Å². The molecule has 0 spiro atoms. The first-order chi connectivity index (χ1) is 9.80. The Kier molecular flexibility index (Phi) is 5.71. The van der Waals surface area contributed by atoms with E-state index < -0.39 is 10.0 Å². The van der Waals surface area contributed by atoms with Crippen molar-refractivity contribution in [2.75, 3.05) is 6.54 Å². The highest BCUT2D eigenvalue weighted by molar-refractivity contribution is 14.1. The number of alkyl halides is 1. The van der Waals surface area contributed by atoms with Crippen LogP contribution in [0.2, 0.25) is 0 Å². The molecule has 0 unspecified atom stereocenters. The molecule has 1 aliphatic heterocycles. The van der Waals surface area contributed by atoms with Crippen LogP contribution in [-0.2, 0) is 10.0 Å². The van der Waals surface area contributed by atoms with Gasteiger partial charge in [0, 0.05) is 16.5 Å². The second-order valence-corrected chi connectivity index (χ2v) is 9.99. The number of nitrogens with zero attached hydrogens (tertiary/aromatic N) is 1. The molecule has 0 aliphatic carbocycles. The van der Waals surface area contributed by atoms with Gasteiger partial charge in [0.25, 0.3) is 0 Å². The van der Waals surface area contributed by atoms with E-state index >= 15 is 0 Å². The van der Waals surface area contributed by atoms with Gasteiger partial charge in [0.2, 0.25) is 10.0 Å². The monoisotopic (exact) mass is 421 g/mol. The van der Waals surface area contributed by atoms with Crippen LogP contribution in [-0.4, -0.2) is 29.2 Å². The van der Waals surface area contributed by atoms with E-state index in [0.717, 1.165) is 24.8 Å². The van der Waals surface area contributed by atoms with Gasteiger partial charge in [-0.15, -0.1) is 0 Å². The van der Waals surface area contributed by atoms with E-state index in [2.05, 4.69) is 36.4 Å². The van der Waals surface area contributed by atoms with Gasteiger partial charge in [-0.2, -0.15) is 4.31 Å². The highest BCUT2D eigenvalue weighted by Gasteiger charge is 2.36. The summed E-state index contributed by atoms with van der Waals surface area (Å²) in [5.41, 5.74) is 1.08. The normalized spacial score (nSPS) is 24.4. The van der Waals surface area contributed by atoms with Crippen LogP contribution in [0, 0.1) is 12.8 Å². The first kappa shape index (κ1) is 17.2. The van der Waals surface area contributed by atoms with Crippen LogP contribution in [0.3, 0.4) is 0 Å². The summed E-state index contributed by atoms with van der Waals surface area (Å²) in [5, 5.41) is 0. The quantitative estimate of drug-likeness (QED) is 0.545. The highest BCUT2D eigenvalue weighted by atomic mass is 127. The highest BCUT2D eigenvalue weighted by Crippen LogP contribution is 2.32. The minimum absolute atomic E-state index is 0.131. The zero-order chi connectivity index (χ0) is 15.6. The lowest BCUT2D eigenvalue weighted by atomic mass is 9.96. The molecule has 0 N–H and O–H groups in total. The third-order valence-electron chi connectivity index (χ3n) is 3.97. The number of aryl methyl sites for hydroxylation is 1. The molecular weight excluding hydrogens is 397 g/mol. The molecule has 1 aliphatic rings. The zero-order valence-electron chi connectivity index (χ0n) is 12.9. The summed E-state index contributed by atoms with van der Waals surface area (Å²) >= 11 is 2.45. The van der Waals surface area contributed by atoms with E-state index in [1.54, 1.807) is 16.4 Å².